The smallest absolute Gasteiger partial charge is 0.336 e. The van der Waals surface area contributed by atoms with Crippen LogP contribution in [0.3, 0.4) is 0 Å². The van der Waals surface area contributed by atoms with Gasteiger partial charge in [-0.05, 0) is 33.8 Å². The van der Waals surface area contributed by atoms with E-state index < -0.39 is 22.9 Å². The summed E-state index contributed by atoms with van der Waals surface area (Å²) < 4.78 is 27.3. The van der Waals surface area contributed by atoms with Crippen molar-refractivity contribution < 1.29 is 43.2 Å². The molecular formula is C25H34N2O10. The zero-order valence-corrected chi connectivity index (χ0v) is 21.6. The minimum Gasteiger partial charge on any atom is -0.491 e. The molecule has 1 heterocycles. The fraction of sp³-hybridized carbons (Fsp3) is 0.520. The summed E-state index contributed by atoms with van der Waals surface area (Å²) in [6.07, 6.45) is 0. The molecule has 0 aliphatic carbocycles. The Hall–Kier alpha value is -3.64. The molecule has 1 aliphatic heterocycles. The molecule has 1 aromatic rings. The maximum atomic E-state index is 13.0. The number of carbonyl (C=O) groups excluding carboxylic acids is 2. The molecule has 0 atom stereocenters. The first-order valence-electron chi connectivity index (χ1n) is 12.0. The summed E-state index contributed by atoms with van der Waals surface area (Å²) in [4.78, 5) is 40.2. The van der Waals surface area contributed by atoms with Gasteiger partial charge >= 0.3 is 11.9 Å². The van der Waals surface area contributed by atoms with Crippen molar-refractivity contribution in [2.75, 3.05) is 52.9 Å². The van der Waals surface area contributed by atoms with Crippen molar-refractivity contribution in [3.8, 4) is 5.75 Å². The van der Waals surface area contributed by atoms with E-state index in [1.54, 1.807) is 52.0 Å². The Bertz CT molecular complexity index is 965. The summed E-state index contributed by atoms with van der Waals surface area (Å²) in [5, 5.41) is 12.3. The van der Waals surface area contributed by atoms with E-state index >= 15 is 0 Å². The highest BCUT2D eigenvalue weighted by atomic mass is 17.0. The molecule has 37 heavy (non-hydrogen) atoms. The molecule has 0 radical (unpaired) electrons. The lowest BCUT2D eigenvalue weighted by Crippen LogP contribution is -2.32. The maximum Gasteiger partial charge on any atom is 0.336 e. The van der Waals surface area contributed by atoms with E-state index in [1.807, 2.05) is 0 Å². The fourth-order valence-electron chi connectivity index (χ4n) is 3.82. The SMILES string of the molecule is CCOC(=O)C1=C(C)NC(C)=C(C(=O)OCC)C1c1ccccc1OCCOCCOCCO[N+](=O)[O-]. The molecule has 12 heteroatoms. The van der Waals surface area contributed by atoms with E-state index in [0.717, 1.165) is 0 Å². The van der Waals surface area contributed by atoms with Gasteiger partial charge in [-0.25, -0.2) is 9.59 Å². The van der Waals surface area contributed by atoms with Gasteiger partial charge in [0.1, 0.15) is 19.0 Å². The van der Waals surface area contributed by atoms with Gasteiger partial charge in [0.2, 0.25) is 0 Å². The average molecular weight is 523 g/mol. The van der Waals surface area contributed by atoms with Crippen LogP contribution in [0.25, 0.3) is 0 Å². The van der Waals surface area contributed by atoms with Gasteiger partial charge in [0.05, 0.1) is 56.7 Å². The third kappa shape index (κ3) is 8.76. The van der Waals surface area contributed by atoms with Gasteiger partial charge in [0.25, 0.3) is 5.09 Å². The number of benzene rings is 1. The minimum absolute atomic E-state index is 0.0793. The lowest BCUT2D eigenvalue weighted by molar-refractivity contribution is -0.758. The van der Waals surface area contributed by atoms with Crippen molar-refractivity contribution in [1.82, 2.24) is 5.32 Å². The van der Waals surface area contributed by atoms with Crippen LogP contribution in [-0.4, -0.2) is 69.9 Å². The van der Waals surface area contributed by atoms with Crippen LogP contribution in [-0.2, 0) is 33.4 Å². The standard InChI is InChI=1S/C25H34N2O10/c1-5-34-24(28)21-17(3)26-18(4)22(25(29)35-6-2)23(21)19-9-7-8-10-20(19)36-15-13-32-11-12-33-14-16-37-27(30)31/h7-10,23,26H,5-6,11-16H2,1-4H3. The zero-order chi connectivity index (χ0) is 27.2. The average Bonchev–Trinajstić information content (AvgIpc) is 2.85. The molecule has 0 fully saturated rings. The van der Waals surface area contributed by atoms with E-state index in [2.05, 4.69) is 10.2 Å². The lowest BCUT2D eigenvalue weighted by atomic mass is 9.80. The Morgan fingerprint density at radius 2 is 1.38 bits per heavy atom. The molecule has 0 spiro atoms. The molecule has 0 amide bonds. The highest BCUT2D eigenvalue weighted by molar-refractivity contribution is 6.00. The van der Waals surface area contributed by atoms with Crippen molar-refractivity contribution in [3.05, 3.63) is 62.5 Å². The molecule has 1 aliphatic rings. The largest absolute Gasteiger partial charge is 0.491 e. The van der Waals surface area contributed by atoms with E-state index in [0.29, 0.717) is 33.9 Å². The predicted molar refractivity (Wildman–Crippen MR) is 131 cm³/mol. The topological polar surface area (TPSA) is 145 Å². The first-order chi connectivity index (χ1) is 17.8. The van der Waals surface area contributed by atoms with Crippen LogP contribution in [0.2, 0.25) is 0 Å². The number of hydrogen-bond donors (Lipinski definition) is 1. The molecule has 204 valence electrons. The van der Waals surface area contributed by atoms with Gasteiger partial charge in [-0.15, -0.1) is 10.1 Å². The first kappa shape index (κ1) is 29.6. The fourth-order valence-corrected chi connectivity index (χ4v) is 3.82. The van der Waals surface area contributed by atoms with Gasteiger partial charge < -0.3 is 33.8 Å². The van der Waals surface area contributed by atoms with Crippen molar-refractivity contribution in [2.45, 2.75) is 33.6 Å². The Labute approximate surface area is 215 Å². The molecule has 12 nitrogen and oxygen atoms in total. The number of hydrogen-bond acceptors (Lipinski definition) is 11. The first-order valence-corrected chi connectivity index (χ1v) is 12.0. The van der Waals surface area contributed by atoms with Gasteiger partial charge in [-0.3, -0.25) is 0 Å². The van der Waals surface area contributed by atoms with Crippen molar-refractivity contribution in [1.29, 1.82) is 0 Å². The summed E-state index contributed by atoms with van der Waals surface area (Å²) in [5.41, 5.74) is 2.39. The van der Waals surface area contributed by atoms with Crippen molar-refractivity contribution in [3.63, 3.8) is 0 Å². The molecule has 0 saturated heterocycles. The molecule has 0 unspecified atom stereocenters. The second kappa shape index (κ2) is 15.5. The Morgan fingerprint density at radius 1 is 0.865 bits per heavy atom. The zero-order valence-electron chi connectivity index (χ0n) is 21.6. The van der Waals surface area contributed by atoms with Crippen molar-refractivity contribution in [2.24, 2.45) is 0 Å². The Kier molecular flexibility index (Phi) is 12.4. The minimum atomic E-state index is -0.877. The highest BCUT2D eigenvalue weighted by Crippen LogP contribution is 2.42. The number of esters is 2. The molecule has 1 N–H and O–H groups in total. The summed E-state index contributed by atoms with van der Waals surface area (Å²) >= 11 is 0. The van der Waals surface area contributed by atoms with Gasteiger partial charge in [0.15, 0.2) is 0 Å². The number of para-hydroxylation sites is 1. The number of nitrogens with zero attached hydrogens (tertiary/aromatic N) is 1. The molecule has 0 bridgehead atoms. The van der Waals surface area contributed by atoms with Gasteiger partial charge in [0, 0.05) is 17.0 Å². The number of dihydropyridines is 1. The van der Waals surface area contributed by atoms with Crippen LogP contribution in [0.4, 0.5) is 0 Å². The third-order valence-corrected chi connectivity index (χ3v) is 5.26. The molecule has 0 aromatic heterocycles. The van der Waals surface area contributed by atoms with Crippen LogP contribution in [0.15, 0.2) is 46.8 Å². The quantitative estimate of drug-likeness (QED) is 0.148. The summed E-state index contributed by atoms with van der Waals surface area (Å²) in [5.74, 6) is -1.34. The second-order valence-electron chi connectivity index (χ2n) is 7.74. The van der Waals surface area contributed by atoms with E-state index in [4.69, 9.17) is 23.7 Å². The van der Waals surface area contributed by atoms with Gasteiger partial charge in [-0.2, -0.15) is 0 Å². The van der Waals surface area contributed by atoms with E-state index in [9.17, 15) is 19.7 Å². The number of nitrogens with one attached hydrogen (secondary N) is 1. The number of ether oxygens (including phenoxy) is 5. The van der Waals surface area contributed by atoms with Crippen LogP contribution < -0.4 is 10.1 Å². The van der Waals surface area contributed by atoms with Crippen LogP contribution >= 0.6 is 0 Å². The number of allylic oxidation sites excluding steroid dienone is 2. The highest BCUT2D eigenvalue weighted by Gasteiger charge is 2.39. The molecule has 1 aromatic carbocycles. The van der Waals surface area contributed by atoms with Crippen LogP contribution in [0.5, 0.6) is 5.75 Å². The summed E-state index contributed by atoms with van der Waals surface area (Å²) in [7, 11) is 0. The Morgan fingerprint density at radius 3 is 1.92 bits per heavy atom. The summed E-state index contributed by atoms with van der Waals surface area (Å²) in [6, 6.07) is 7.15. The van der Waals surface area contributed by atoms with Crippen molar-refractivity contribution >= 4 is 11.9 Å². The Balaban J connectivity index is 2.14. The van der Waals surface area contributed by atoms with E-state index in [-0.39, 0.29) is 52.9 Å². The number of rotatable bonds is 16. The maximum absolute atomic E-state index is 13.0. The third-order valence-electron chi connectivity index (χ3n) is 5.26. The van der Waals surface area contributed by atoms with Crippen LogP contribution in [0.1, 0.15) is 39.2 Å². The normalized spacial score (nSPS) is 13.7. The lowest BCUT2D eigenvalue weighted by Gasteiger charge is -2.31. The number of carbonyl (C=O) groups is 2. The van der Waals surface area contributed by atoms with E-state index in [1.165, 1.54) is 0 Å². The predicted octanol–water partition coefficient (Wildman–Crippen LogP) is 2.67. The second-order valence-corrected chi connectivity index (χ2v) is 7.74. The van der Waals surface area contributed by atoms with Crippen LogP contribution in [0, 0.1) is 10.1 Å². The van der Waals surface area contributed by atoms with Gasteiger partial charge in [-0.1, -0.05) is 18.2 Å². The summed E-state index contributed by atoms with van der Waals surface area (Å²) in [6.45, 7) is 8.20. The molecular weight excluding hydrogens is 488 g/mol. The molecule has 0 saturated carbocycles. The monoisotopic (exact) mass is 522 g/mol. The molecule has 2 rings (SSSR count).